The van der Waals surface area contributed by atoms with Gasteiger partial charge >= 0.3 is 5.97 Å². The normalized spacial score (nSPS) is 11.6. The average molecular weight is 481 g/mol. The van der Waals surface area contributed by atoms with E-state index in [0.717, 1.165) is 20.9 Å². The first-order chi connectivity index (χ1) is 15.0. The number of benzene rings is 2. The molecule has 158 valence electrons. The van der Waals surface area contributed by atoms with E-state index in [1.807, 2.05) is 54.1 Å². The van der Waals surface area contributed by atoms with Gasteiger partial charge in [0, 0.05) is 33.6 Å². The maximum atomic E-state index is 13.1. The van der Waals surface area contributed by atoms with Crippen molar-refractivity contribution < 1.29 is 9.53 Å². The fraction of sp³-hybridized carbons (Fsp3) is 0.217. The Morgan fingerprint density at radius 3 is 2.77 bits per heavy atom. The Labute approximate surface area is 187 Å². The molecule has 2 aromatic heterocycles. The molecule has 0 spiro atoms. The molecule has 0 aliphatic heterocycles. The van der Waals surface area contributed by atoms with Crippen LogP contribution in [-0.4, -0.2) is 33.0 Å². The Hall–Kier alpha value is -3.26. The minimum Gasteiger partial charge on any atom is -0.465 e. The van der Waals surface area contributed by atoms with Gasteiger partial charge in [-0.25, -0.2) is 4.98 Å². The monoisotopic (exact) mass is 480 g/mol. The van der Waals surface area contributed by atoms with E-state index < -0.39 is 0 Å². The third-order valence-corrected chi connectivity index (χ3v) is 5.42. The van der Waals surface area contributed by atoms with E-state index in [1.165, 1.54) is 4.68 Å². The van der Waals surface area contributed by atoms with Gasteiger partial charge in [-0.15, -0.1) is 0 Å². The largest absolute Gasteiger partial charge is 0.465 e. The van der Waals surface area contributed by atoms with Gasteiger partial charge in [0.25, 0.3) is 5.56 Å². The quantitative estimate of drug-likeness (QED) is 0.307. The number of carbonyl (C=O) groups is 1. The minimum absolute atomic E-state index is 0.105. The van der Waals surface area contributed by atoms with Crippen LogP contribution in [0.4, 0.5) is 0 Å². The molecule has 0 fully saturated rings. The molecule has 8 heteroatoms. The molecule has 31 heavy (non-hydrogen) atoms. The highest BCUT2D eigenvalue weighted by Crippen LogP contribution is 2.21. The van der Waals surface area contributed by atoms with Crippen LogP contribution in [0.5, 0.6) is 0 Å². The predicted molar refractivity (Wildman–Crippen MR) is 125 cm³/mol. The highest BCUT2D eigenvalue weighted by molar-refractivity contribution is 9.10. The first-order valence-electron chi connectivity index (χ1n) is 10.0. The number of para-hydroxylation sites is 1. The molecular formula is C23H21BrN4O3. The topological polar surface area (TPSA) is 78.5 Å². The molecule has 7 nitrogen and oxygen atoms in total. The summed E-state index contributed by atoms with van der Waals surface area (Å²) in [6.45, 7) is 4.15. The van der Waals surface area contributed by atoms with Gasteiger partial charge in [-0.2, -0.15) is 9.78 Å². The van der Waals surface area contributed by atoms with E-state index in [1.54, 1.807) is 19.2 Å². The van der Waals surface area contributed by atoms with Gasteiger partial charge in [-0.1, -0.05) is 41.1 Å². The fourth-order valence-corrected chi connectivity index (χ4v) is 3.88. The number of esters is 1. The van der Waals surface area contributed by atoms with Crippen molar-refractivity contribution in [2.24, 2.45) is 5.10 Å². The van der Waals surface area contributed by atoms with Crippen LogP contribution in [-0.2, 0) is 22.5 Å². The third kappa shape index (κ3) is 4.16. The number of nitrogens with zero attached hydrogens (tertiary/aromatic N) is 4. The summed E-state index contributed by atoms with van der Waals surface area (Å²) >= 11 is 3.41. The Bertz CT molecular complexity index is 1370. The van der Waals surface area contributed by atoms with Gasteiger partial charge < -0.3 is 9.30 Å². The van der Waals surface area contributed by atoms with E-state index in [-0.39, 0.29) is 18.1 Å². The van der Waals surface area contributed by atoms with Crippen LogP contribution >= 0.6 is 15.9 Å². The zero-order valence-electron chi connectivity index (χ0n) is 17.2. The van der Waals surface area contributed by atoms with Gasteiger partial charge in [0.15, 0.2) is 0 Å². The van der Waals surface area contributed by atoms with Crippen LogP contribution in [0.1, 0.15) is 25.2 Å². The number of aryl methyl sites for hydroxylation is 1. The summed E-state index contributed by atoms with van der Waals surface area (Å²) in [6, 6.07) is 13.2. The van der Waals surface area contributed by atoms with Gasteiger partial charge in [-0.05, 0) is 31.2 Å². The smallest absolute Gasteiger partial charge is 0.325 e. The molecule has 0 amide bonds. The maximum absolute atomic E-state index is 13.1. The molecule has 0 radical (unpaired) electrons. The summed E-state index contributed by atoms with van der Waals surface area (Å²) in [5.74, 6) is 0.270. The van der Waals surface area contributed by atoms with Crippen LogP contribution < -0.4 is 5.56 Å². The molecule has 2 aromatic carbocycles. The fourth-order valence-electron chi connectivity index (χ4n) is 3.52. The third-order valence-electron chi connectivity index (χ3n) is 4.93. The second-order valence-electron chi connectivity index (χ2n) is 6.94. The average Bonchev–Trinajstić information content (AvgIpc) is 3.11. The standard InChI is InChI=1S/C23H21BrN4O3/c1-3-21-26-19-10-9-16(24)11-18(19)23(30)28(21)25-12-15-13-27(14-22(29)31-4-2)20-8-6-5-7-17(15)20/h5-13H,3-4,14H2,1-2H3. The van der Waals surface area contributed by atoms with Crippen LogP contribution in [0.3, 0.4) is 0 Å². The number of fused-ring (bicyclic) bond motifs is 2. The number of aromatic nitrogens is 3. The van der Waals surface area contributed by atoms with Crippen molar-refractivity contribution in [1.29, 1.82) is 0 Å². The van der Waals surface area contributed by atoms with Gasteiger partial charge in [0.2, 0.25) is 0 Å². The summed E-state index contributed by atoms with van der Waals surface area (Å²) < 4.78 is 9.05. The molecule has 0 aliphatic rings. The van der Waals surface area contributed by atoms with Gasteiger partial charge in [0.05, 0.1) is 23.7 Å². The molecule has 0 N–H and O–H groups in total. The number of rotatable bonds is 6. The molecule has 0 saturated heterocycles. The van der Waals surface area contributed by atoms with Crippen molar-refractivity contribution in [2.45, 2.75) is 26.8 Å². The highest BCUT2D eigenvalue weighted by atomic mass is 79.9. The summed E-state index contributed by atoms with van der Waals surface area (Å²) in [7, 11) is 0. The highest BCUT2D eigenvalue weighted by Gasteiger charge is 2.12. The van der Waals surface area contributed by atoms with Crippen molar-refractivity contribution in [3.8, 4) is 0 Å². The Kier molecular flexibility index (Phi) is 5.99. The van der Waals surface area contributed by atoms with E-state index in [9.17, 15) is 9.59 Å². The lowest BCUT2D eigenvalue weighted by Crippen LogP contribution is -2.22. The zero-order chi connectivity index (χ0) is 22.0. The summed E-state index contributed by atoms with van der Waals surface area (Å²) in [4.78, 5) is 29.7. The molecule has 0 bridgehead atoms. The number of ether oxygens (including phenoxy) is 1. The van der Waals surface area contributed by atoms with Crippen LogP contribution in [0.2, 0.25) is 0 Å². The molecule has 0 aliphatic carbocycles. The minimum atomic E-state index is -0.305. The first-order valence-corrected chi connectivity index (χ1v) is 10.8. The number of hydrogen-bond donors (Lipinski definition) is 0. The molecule has 0 atom stereocenters. The van der Waals surface area contributed by atoms with E-state index in [0.29, 0.717) is 29.8 Å². The Balaban J connectivity index is 1.80. The van der Waals surface area contributed by atoms with E-state index in [2.05, 4.69) is 26.0 Å². The molecule has 0 saturated carbocycles. The van der Waals surface area contributed by atoms with Gasteiger partial charge in [0.1, 0.15) is 12.4 Å². The van der Waals surface area contributed by atoms with E-state index >= 15 is 0 Å². The summed E-state index contributed by atoms with van der Waals surface area (Å²) in [5.41, 5.74) is 2.10. The number of carbonyl (C=O) groups excluding carboxylic acids is 1. The maximum Gasteiger partial charge on any atom is 0.325 e. The second kappa shape index (κ2) is 8.85. The van der Waals surface area contributed by atoms with Crippen molar-refractivity contribution in [2.75, 3.05) is 6.61 Å². The lowest BCUT2D eigenvalue weighted by molar-refractivity contribution is -0.143. The van der Waals surface area contributed by atoms with Gasteiger partial charge in [-0.3, -0.25) is 9.59 Å². The van der Waals surface area contributed by atoms with E-state index in [4.69, 9.17) is 4.74 Å². The van der Waals surface area contributed by atoms with Crippen molar-refractivity contribution in [3.63, 3.8) is 0 Å². The molecule has 2 heterocycles. The zero-order valence-corrected chi connectivity index (χ0v) is 18.8. The lowest BCUT2D eigenvalue weighted by Gasteiger charge is -2.07. The first kappa shape index (κ1) is 21.0. The van der Waals surface area contributed by atoms with Crippen molar-refractivity contribution in [1.82, 2.24) is 14.2 Å². The summed E-state index contributed by atoms with van der Waals surface area (Å²) in [5, 5.41) is 5.90. The molecule has 4 rings (SSSR count). The summed E-state index contributed by atoms with van der Waals surface area (Å²) in [6.07, 6.45) is 4.03. The number of hydrogen-bond acceptors (Lipinski definition) is 5. The molecule has 4 aromatic rings. The predicted octanol–water partition coefficient (Wildman–Crippen LogP) is 4.12. The van der Waals surface area contributed by atoms with Crippen molar-refractivity contribution >= 4 is 49.9 Å². The Morgan fingerprint density at radius 2 is 2.00 bits per heavy atom. The second-order valence-corrected chi connectivity index (χ2v) is 7.85. The van der Waals surface area contributed by atoms with Crippen LogP contribution in [0.15, 0.2) is 63.0 Å². The lowest BCUT2D eigenvalue weighted by atomic mass is 10.2. The van der Waals surface area contributed by atoms with Crippen molar-refractivity contribution in [3.05, 3.63) is 74.9 Å². The van der Waals surface area contributed by atoms with Crippen LogP contribution in [0, 0.1) is 0 Å². The molecular weight excluding hydrogens is 460 g/mol. The Morgan fingerprint density at radius 1 is 1.19 bits per heavy atom. The van der Waals surface area contributed by atoms with Crippen LogP contribution in [0.25, 0.3) is 21.8 Å². The SMILES string of the molecule is CCOC(=O)Cn1cc(C=Nn2c(CC)nc3ccc(Br)cc3c2=O)c2ccccc21. The number of halogens is 1. The molecule has 0 unspecified atom stereocenters.